The molecule has 1 aliphatic rings. The Morgan fingerprint density at radius 3 is 2.71 bits per heavy atom. The van der Waals surface area contributed by atoms with Gasteiger partial charge in [-0.15, -0.1) is 0 Å². The van der Waals surface area contributed by atoms with E-state index in [4.69, 9.17) is 5.73 Å². The van der Waals surface area contributed by atoms with Gasteiger partial charge in [0.25, 0.3) is 0 Å². The molecule has 1 fully saturated rings. The standard InChI is InChI=1S/C11H15FN2O2S/c12-10-3-4-11(9(5-10)6-13)14-17(15,16)7-8-1-2-8/h3-5,8,14H,1-2,6-7,13H2. The molecular formula is C11H15FN2O2S. The van der Waals surface area contributed by atoms with E-state index < -0.39 is 15.8 Å². The van der Waals surface area contributed by atoms with Crippen molar-refractivity contribution >= 4 is 15.7 Å². The molecule has 0 aliphatic heterocycles. The fourth-order valence-electron chi connectivity index (χ4n) is 1.63. The topological polar surface area (TPSA) is 72.2 Å². The molecule has 0 radical (unpaired) electrons. The first kappa shape index (κ1) is 12.3. The number of hydrogen-bond donors (Lipinski definition) is 2. The van der Waals surface area contributed by atoms with Crippen molar-refractivity contribution in [1.29, 1.82) is 0 Å². The minimum Gasteiger partial charge on any atom is -0.326 e. The summed E-state index contributed by atoms with van der Waals surface area (Å²) in [6, 6.07) is 3.87. The summed E-state index contributed by atoms with van der Waals surface area (Å²) >= 11 is 0. The Morgan fingerprint density at radius 2 is 2.12 bits per heavy atom. The smallest absolute Gasteiger partial charge is 0.233 e. The van der Waals surface area contributed by atoms with Gasteiger partial charge in [-0.05, 0) is 42.5 Å². The second kappa shape index (κ2) is 4.62. The molecule has 3 N–H and O–H groups in total. The molecule has 0 amide bonds. The first-order valence-corrected chi connectivity index (χ1v) is 7.14. The molecule has 2 rings (SSSR count). The van der Waals surface area contributed by atoms with E-state index in [-0.39, 0.29) is 18.2 Å². The zero-order valence-corrected chi connectivity index (χ0v) is 10.1. The van der Waals surface area contributed by atoms with Crippen LogP contribution in [0.15, 0.2) is 18.2 Å². The number of anilines is 1. The number of halogens is 1. The highest BCUT2D eigenvalue weighted by atomic mass is 32.2. The Kier molecular flexibility index (Phi) is 3.35. The fourth-order valence-corrected chi connectivity index (χ4v) is 3.21. The molecule has 0 unspecified atom stereocenters. The average Bonchev–Trinajstić information content (AvgIpc) is 3.03. The molecule has 0 atom stereocenters. The number of hydrogen-bond acceptors (Lipinski definition) is 3. The molecule has 1 aromatic rings. The predicted molar refractivity (Wildman–Crippen MR) is 64.4 cm³/mol. The quantitative estimate of drug-likeness (QED) is 0.839. The Hall–Kier alpha value is -1.14. The Bertz CT molecular complexity index is 512. The maximum absolute atomic E-state index is 13.0. The molecule has 1 saturated carbocycles. The molecule has 0 spiro atoms. The van der Waals surface area contributed by atoms with Crippen molar-refractivity contribution in [3.63, 3.8) is 0 Å². The maximum atomic E-state index is 13.0. The molecule has 0 heterocycles. The molecule has 17 heavy (non-hydrogen) atoms. The fraction of sp³-hybridized carbons (Fsp3) is 0.455. The van der Waals surface area contributed by atoms with Gasteiger partial charge in [-0.1, -0.05) is 0 Å². The van der Waals surface area contributed by atoms with Gasteiger partial charge >= 0.3 is 0 Å². The lowest BCUT2D eigenvalue weighted by Crippen LogP contribution is -2.19. The minimum atomic E-state index is -3.34. The highest BCUT2D eigenvalue weighted by Crippen LogP contribution is 2.31. The van der Waals surface area contributed by atoms with Crippen LogP contribution in [0.5, 0.6) is 0 Å². The van der Waals surface area contributed by atoms with Crippen molar-refractivity contribution in [1.82, 2.24) is 0 Å². The minimum absolute atomic E-state index is 0.0963. The molecular weight excluding hydrogens is 243 g/mol. The number of nitrogens with one attached hydrogen (secondary N) is 1. The lowest BCUT2D eigenvalue weighted by Gasteiger charge is -2.11. The number of nitrogens with two attached hydrogens (primary N) is 1. The van der Waals surface area contributed by atoms with Crippen LogP contribution < -0.4 is 10.5 Å². The Balaban J connectivity index is 2.16. The van der Waals surface area contributed by atoms with Gasteiger partial charge < -0.3 is 5.73 Å². The third kappa shape index (κ3) is 3.41. The van der Waals surface area contributed by atoms with Crippen molar-refractivity contribution < 1.29 is 12.8 Å². The van der Waals surface area contributed by atoms with Crippen LogP contribution in [-0.2, 0) is 16.6 Å². The van der Waals surface area contributed by atoms with Crippen LogP contribution in [0.4, 0.5) is 10.1 Å². The summed E-state index contributed by atoms with van der Waals surface area (Å²) in [6.45, 7) is 0.0963. The summed E-state index contributed by atoms with van der Waals surface area (Å²) in [5, 5.41) is 0. The van der Waals surface area contributed by atoms with E-state index in [1.165, 1.54) is 18.2 Å². The molecule has 0 bridgehead atoms. The van der Waals surface area contributed by atoms with E-state index in [0.29, 0.717) is 11.3 Å². The molecule has 6 heteroatoms. The van der Waals surface area contributed by atoms with E-state index in [0.717, 1.165) is 12.8 Å². The van der Waals surface area contributed by atoms with Crippen LogP contribution >= 0.6 is 0 Å². The van der Waals surface area contributed by atoms with E-state index >= 15 is 0 Å². The van der Waals surface area contributed by atoms with Gasteiger partial charge in [0.15, 0.2) is 0 Å². The van der Waals surface area contributed by atoms with Crippen LogP contribution in [0.25, 0.3) is 0 Å². The SMILES string of the molecule is NCc1cc(F)ccc1NS(=O)(=O)CC1CC1. The van der Waals surface area contributed by atoms with Crippen molar-refractivity contribution in [2.24, 2.45) is 11.7 Å². The third-order valence-corrected chi connectivity index (χ3v) is 4.15. The summed E-state index contributed by atoms with van der Waals surface area (Å²) in [5.74, 6) is -0.0150. The van der Waals surface area contributed by atoms with Crippen LogP contribution in [0, 0.1) is 11.7 Å². The maximum Gasteiger partial charge on any atom is 0.233 e. The zero-order valence-electron chi connectivity index (χ0n) is 9.32. The van der Waals surface area contributed by atoms with Crippen molar-refractivity contribution in [2.45, 2.75) is 19.4 Å². The van der Waals surface area contributed by atoms with Gasteiger partial charge in [0.05, 0.1) is 11.4 Å². The van der Waals surface area contributed by atoms with Gasteiger partial charge in [-0.2, -0.15) is 0 Å². The lowest BCUT2D eigenvalue weighted by atomic mass is 10.2. The first-order valence-electron chi connectivity index (χ1n) is 5.49. The molecule has 1 aromatic carbocycles. The molecule has 0 aromatic heterocycles. The number of rotatable bonds is 5. The van der Waals surface area contributed by atoms with Gasteiger partial charge in [-0.25, -0.2) is 12.8 Å². The second-order valence-electron chi connectivity index (χ2n) is 4.33. The largest absolute Gasteiger partial charge is 0.326 e. The van der Waals surface area contributed by atoms with E-state index in [1.54, 1.807) is 0 Å². The predicted octanol–water partition coefficient (Wildman–Crippen LogP) is 1.44. The molecule has 0 saturated heterocycles. The lowest BCUT2D eigenvalue weighted by molar-refractivity contribution is 0.597. The molecule has 94 valence electrons. The normalized spacial score (nSPS) is 15.9. The van der Waals surface area contributed by atoms with Gasteiger partial charge in [0, 0.05) is 6.54 Å². The summed E-state index contributed by atoms with van der Waals surface area (Å²) in [7, 11) is -3.34. The van der Waals surface area contributed by atoms with Crippen molar-refractivity contribution in [3.05, 3.63) is 29.6 Å². The summed E-state index contributed by atoms with van der Waals surface area (Å²) < 4.78 is 38.9. The molecule has 1 aliphatic carbocycles. The monoisotopic (exact) mass is 258 g/mol. The second-order valence-corrected chi connectivity index (χ2v) is 6.10. The van der Waals surface area contributed by atoms with Gasteiger partial charge in [-0.3, -0.25) is 4.72 Å². The Labute approximate surface area is 100 Å². The van der Waals surface area contributed by atoms with Crippen molar-refractivity contribution in [2.75, 3.05) is 10.5 Å². The van der Waals surface area contributed by atoms with E-state index in [1.807, 2.05) is 0 Å². The van der Waals surface area contributed by atoms with E-state index in [2.05, 4.69) is 4.72 Å². The van der Waals surface area contributed by atoms with E-state index in [9.17, 15) is 12.8 Å². The van der Waals surface area contributed by atoms with Crippen LogP contribution in [0.1, 0.15) is 18.4 Å². The highest BCUT2D eigenvalue weighted by molar-refractivity contribution is 7.92. The number of benzene rings is 1. The number of sulfonamides is 1. The van der Waals surface area contributed by atoms with Gasteiger partial charge in [0.2, 0.25) is 10.0 Å². The van der Waals surface area contributed by atoms with Crippen molar-refractivity contribution in [3.8, 4) is 0 Å². The highest BCUT2D eigenvalue weighted by Gasteiger charge is 2.28. The Morgan fingerprint density at radius 1 is 1.41 bits per heavy atom. The van der Waals surface area contributed by atoms with Crippen LogP contribution in [0.3, 0.4) is 0 Å². The van der Waals surface area contributed by atoms with Gasteiger partial charge in [0.1, 0.15) is 5.82 Å². The first-order chi connectivity index (χ1) is 8.00. The zero-order chi connectivity index (χ0) is 12.5. The summed E-state index contributed by atoms with van der Waals surface area (Å²) in [5.41, 5.74) is 6.28. The summed E-state index contributed by atoms with van der Waals surface area (Å²) in [4.78, 5) is 0. The third-order valence-electron chi connectivity index (χ3n) is 2.70. The van der Waals surface area contributed by atoms with Crippen LogP contribution in [-0.4, -0.2) is 14.2 Å². The summed E-state index contributed by atoms with van der Waals surface area (Å²) in [6.07, 6.45) is 1.93. The van der Waals surface area contributed by atoms with Crippen LogP contribution in [0.2, 0.25) is 0 Å². The molecule has 4 nitrogen and oxygen atoms in total. The average molecular weight is 258 g/mol.